The molecule has 1 amide bonds. The summed E-state index contributed by atoms with van der Waals surface area (Å²) >= 11 is 0. The molecule has 6 heteroatoms. The van der Waals surface area contributed by atoms with Gasteiger partial charge < -0.3 is 14.6 Å². The van der Waals surface area contributed by atoms with Gasteiger partial charge in [-0.25, -0.2) is 4.79 Å². The first kappa shape index (κ1) is 18.4. The van der Waals surface area contributed by atoms with Gasteiger partial charge in [0.15, 0.2) is 0 Å². The molecule has 1 aromatic heterocycles. The van der Waals surface area contributed by atoms with Crippen LogP contribution < -0.4 is 10.7 Å². The molecule has 27 heavy (non-hydrogen) atoms. The van der Waals surface area contributed by atoms with Crippen molar-refractivity contribution in [3.63, 3.8) is 0 Å². The number of anilines is 1. The van der Waals surface area contributed by atoms with Crippen LogP contribution >= 0.6 is 0 Å². The third kappa shape index (κ3) is 3.89. The number of amides is 1. The molecule has 0 fully saturated rings. The van der Waals surface area contributed by atoms with Crippen LogP contribution in [0.15, 0.2) is 59.5 Å². The van der Waals surface area contributed by atoms with Crippen LogP contribution in [0.3, 0.4) is 0 Å². The van der Waals surface area contributed by atoms with E-state index in [2.05, 4.69) is 5.32 Å². The molecule has 0 saturated carbocycles. The maximum absolute atomic E-state index is 12.6. The summed E-state index contributed by atoms with van der Waals surface area (Å²) in [6, 6.07) is 13.5. The fourth-order valence-corrected chi connectivity index (χ4v) is 2.77. The summed E-state index contributed by atoms with van der Waals surface area (Å²) in [7, 11) is 1.79. The quantitative estimate of drug-likeness (QED) is 0.720. The second-order valence-electron chi connectivity index (χ2n) is 6.49. The van der Waals surface area contributed by atoms with E-state index in [1.165, 1.54) is 6.20 Å². The Morgan fingerprint density at radius 3 is 2.37 bits per heavy atom. The highest BCUT2D eigenvalue weighted by Gasteiger charge is 2.15. The second kappa shape index (κ2) is 7.45. The van der Waals surface area contributed by atoms with E-state index in [1.807, 2.05) is 12.1 Å². The number of rotatable bonds is 4. The molecule has 0 atom stereocenters. The lowest BCUT2D eigenvalue weighted by Gasteiger charge is -2.10. The van der Waals surface area contributed by atoms with E-state index in [0.29, 0.717) is 16.6 Å². The molecule has 0 aliphatic carbocycles. The van der Waals surface area contributed by atoms with E-state index in [1.54, 1.807) is 61.9 Å². The number of hydrogen-bond acceptors (Lipinski definition) is 4. The summed E-state index contributed by atoms with van der Waals surface area (Å²) in [5, 5.41) is 3.18. The highest BCUT2D eigenvalue weighted by molar-refractivity contribution is 6.06. The molecule has 2 aromatic carbocycles. The van der Waals surface area contributed by atoms with Crippen molar-refractivity contribution in [2.24, 2.45) is 7.05 Å². The molecular weight excluding hydrogens is 344 g/mol. The number of esters is 1. The number of aryl methyl sites for hydroxylation is 1. The zero-order valence-corrected chi connectivity index (χ0v) is 15.4. The minimum atomic E-state index is -0.501. The van der Waals surface area contributed by atoms with Crippen molar-refractivity contribution in [3.05, 3.63) is 76.1 Å². The van der Waals surface area contributed by atoms with Crippen LogP contribution in [0.1, 0.15) is 34.6 Å². The molecule has 1 N–H and O–H groups in total. The van der Waals surface area contributed by atoms with E-state index in [-0.39, 0.29) is 17.1 Å². The summed E-state index contributed by atoms with van der Waals surface area (Å²) in [6.07, 6.45) is 1.31. The lowest BCUT2D eigenvalue weighted by molar-refractivity contribution is 0.0378. The zero-order valence-electron chi connectivity index (χ0n) is 15.4. The molecule has 0 radical (unpaired) electrons. The number of nitrogens with zero attached hydrogens (tertiary/aromatic N) is 1. The number of aromatic nitrogens is 1. The Morgan fingerprint density at radius 2 is 1.70 bits per heavy atom. The highest BCUT2D eigenvalue weighted by atomic mass is 16.5. The van der Waals surface area contributed by atoms with E-state index < -0.39 is 11.9 Å². The van der Waals surface area contributed by atoms with Gasteiger partial charge in [0.05, 0.1) is 17.2 Å². The van der Waals surface area contributed by atoms with Crippen LogP contribution in [0.5, 0.6) is 0 Å². The van der Waals surface area contributed by atoms with Gasteiger partial charge in [-0.3, -0.25) is 9.59 Å². The van der Waals surface area contributed by atoms with Gasteiger partial charge in [-0.2, -0.15) is 0 Å². The minimum Gasteiger partial charge on any atom is -0.459 e. The maximum atomic E-state index is 12.6. The van der Waals surface area contributed by atoms with Crippen LogP contribution in [0.25, 0.3) is 10.9 Å². The van der Waals surface area contributed by atoms with Crippen molar-refractivity contribution in [2.75, 3.05) is 5.32 Å². The van der Waals surface area contributed by atoms with Crippen molar-refractivity contribution < 1.29 is 14.3 Å². The Balaban J connectivity index is 1.84. The number of nitrogens with one attached hydrogen (secondary N) is 1. The number of hydrogen-bond donors (Lipinski definition) is 1. The van der Waals surface area contributed by atoms with E-state index in [4.69, 9.17) is 4.74 Å². The zero-order chi connectivity index (χ0) is 19.6. The standard InChI is InChI=1S/C21H20N2O4/c1-13(2)27-21(26)14-8-10-15(11-9-14)22-20(25)17-12-23(3)18-7-5-4-6-16(18)19(17)24/h4-13H,1-3H3,(H,22,25). The molecular formula is C21H20N2O4. The summed E-state index contributed by atoms with van der Waals surface area (Å²) in [6.45, 7) is 3.55. The molecule has 138 valence electrons. The third-order valence-corrected chi connectivity index (χ3v) is 4.06. The summed E-state index contributed by atoms with van der Waals surface area (Å²) in [5.41, 5.74) is 1.37. The van der Waals surface area contributed by atoms with Crippen LogP contribution in [-0.2, 0) is 11.8 Å². The lowest BCUT2D eigenvalue weighted by Crippen LogP contribution is -2.23. The molecule has 1 heterocycles. The van der Waals surface area contributed by atoms with E-state index >= 15 is 0 Å². The third-order valence-electron chi connectivity index (χ3n) is 4.06. The molecule has 0 bridgehead atoms. The normalized spacial score (nSPS) is 10.8. The van der Waals surface area contributed by atoms with Crippen molar-refractivity contribution >= 4 is 28.5 Å². The Labute approximate surface area is 156 Å². The minimum absolute atomic E-state index is 0.0551. The fraction of sp³-hybridized carbons (Fsp3) is 0.190. The second-order valence-corrected chi connectivity index (χ2v) is 6.49. The van der Waals surface area contributed by atoms with Crippen molar-refractivity contribution in [1.82, 2.24) is 4.57 Å². The van der Waals surface area contributed by atoms with Crippen molar-refractivity contribution in [3.8, 4) is 0 Å². The average molecular weight is 364 g/mol. The predicted octanol–water partition coefficient (Wildman–Crippen LogP) is 3.36. The topological polar surface area (TPSA) is 77.4 Å². The first-order valence-electron chi connectivity index (χ1n) is 8.57. The molecule has 0 unspecified atom stereocenters. The van der Waals surface area contributed by atoms with Crippen LogP contribution in [-0.4, -0.2) is 22.5 Å². The van der Waals surface area contributed by atoms with Gasteiger partial charge >= 0.3 is 5.97 Å². The van der Waals surface area contributed by atoms with Gasteiger partial charge in [0, 0.05) is 24.3 Å². The van der Waals surface area contributed by atoms with Gasteiger partial charge in [-0.15, -0.1) is 0 Å². The van der Waals surface area contributed by atoms with E-state index in [0.717, 1.165) is 5.52 Å². The first-order valence-corrected chi connectivity index (χ1v) is 8.57. The Hall–Kier alpha value is -3.41. The monoisotopic (exact) mass is 364 g/mol. The van der Waals surface area contributed by atoms with Crippen molar-refractivity contribution in [2.45, 2.75) is 20.0 Å². The maximum Gasteiger partial charge on any atom is 0.338 e. The number of benzene rings is 2. The van der Waals surface area contributed by atoms with Crippen LogP contribution in [0.4, 0.5) is 5.69 Å². The number of para-hydroxylation sites is 1. The fourth-order valence-electron chi connectivity index (χ4n) is 2.77. The molecule has 0 saturated heterocycles. The van der Waals surface area contributed by atoms with Gasteiger partial charge in [0.1, 0.15) is 5.56 Å². The summed E-state index contributed by atoms with van der Waals surface area (Å²) in [4.78, 5) is 37.1. The SMILES string of the molecule is CC(C)OC(=O)c1ccc(NC(=O)c2cn(C)c3ccccc3c2=O)cc1. The van der Waals surface area contributed by atoms with Gasteiger partial charge in [0.25, 0.3) is 5.91 Å². The Kier molecular flexibility index (Phi) is 5.07. The van der Waals surface area contributed by atoms with E-state index in [9.17, 15) is 14.4 Å². The molecule has 0 aliphatic heterocycles. The molecule has 0 spiro atoms. The first-order chi connectivity index (χ1) is 12.9. The number of pyridine rings is 1. The largest absolute Gasteiger partial charge is 0.459 e. The molecule has 0 aliphatic rings. The Morgan fingerprint density at radius 1 is 1.04 bits per heavy atom. The Bertz CT molecular complexity index is 1070. The number of fused-ring (bicyclic) bond motifs is 1. The predicted molar refractivity (Wildman–Crippen MR) is 104 cm³/mol. The average Bonchev–Trinajstić information content (AvgIpc) is 2.64. The highest BCUT2D eigenvalue weighted by Crippen LogP contribution is 2.14. The van der Waals surface area contributed by atoms with Gasteiger partial charge in [-0.1, -0.05) is 12.1 Å². The smallest absolute Gasteiger partial charge is 0.338 e. The summed E-state index contributed by atoms with van der Waals surface area (Å²) < 4.78 is 6.87. The van der Waals surface area contributed by atoms with Crippen LogP contribution in [0.2, 0.25) is 0 Å². The molecule has 3 aromatic rings. The van der Waals surface area contributed by atoms with Crippen LogP contribution in [0, 0.1) is 0 Å². The van der Waals surface area contributed by atoms with Gasteiger partial charge in [0.2, 0.25) is 5.43 Å². The number of carbonyl (C=O) groups excluding carboxylic acids is 2. The lowest BCUT2D eigenvalue weighted by atomic mass is 10.1. The summed E-state index contributed by atoms with van der Waals surface area (Å²) in [5.74, 6) is -0.926. The van der Waals surface area contributed by atoms with Gasteiger partial charge in [-0.05, 0) is 50.2 Å². The molecule has 6 nitrogen and oxygen atoms in total. The number of ether oxygens (including phenoxy) is 1. The molecule has 3 rings (SSSR count). The number of carbonyl (C=O) groups is 2. The van der Waals surface area contributed by atoms with Crippen molar-refractivity contribution in [1.29, 1.82) is 0 Å².